The first-order chi connectivity index (χ1) is 9.06. The lowest BCUT2D eigenvalue weighted by Gasteiger charge is -2.10. The zero-order chi connectivity index (χ0) is 14.0. The van der Waals surface area contributed by atoms with Gasteiger partial charge in [-0.05, 0) is 32.4 Å². The molecule has 2 aromatic rings. The molecule has 0 fully saturated rings. The van der Waals surface area contributed by atoms with Gasteiger partial charge in [0.05, 0.1) is 5.69 Å². The van der Waals surface area contributed by atoms with E-state index in [2.05, 4.69) is 49.8 Å². The third-order valence-electron chi connectivity index (χ3n) is 3.18. The number of hydrogen-bond acceptors (Lipinski definition) is 3. The molecule has 0 amide bonds. The zero-order valence-electron chi connectivity index (χ0n) is 11.5. The Hall–Kier alpha value is -1.55. The molecule has 0 aliphatic heterocycles. The summed E-state index contributed by atoms with van der Waals surface area (Å²) in [5, 5.41) is 4.43. The lowest BCUT2D eigenvalue weighted by atomic mass is 10.0. The first-order valence-corrected chi connectivity index (χ1v) is 6.99. The van der Waals surface area contributed by atoms with Crippen LogP contribution in [0.4, 0.5) is 0 Å². The van der Waals surface area contributed by atoms with Crippen molar-refractivity contribution in [2.45, 2.75) is 33.1 Å². The van der Waals surface area contributed by atoms with Gasteiger partial charge in [0.1, 0.15) is 0 Å². The Labute approximate surface area is 118 Å². The third kappa shape index (κ3) is 2.73. The standard InChI is InChI=1S/C15H18N2OS/c1-4-17-15(18)12(9-19)8-14(16-17)13-6-5-10(2)7-11(13)3/h5-8,19H,4,9H2,1-3H3. The Kier molecular flexibility index (Phi) is 4.10. The molecule has 0 aliphatic carbocycles. The molecular weight excluding hydrogens is 256 g/mol. The summed E-state index contributed by atoms with van der Waals surface area (Å²) in [5.74, 6) is 0.430. The van der Waals surface area contributed by atoms with Gasteiger partial charge in [-0.15, -0.1) is 0 Å². The van der Waals surface area contributed by atoms with E-state index in [1.165, 1.54) is 15.8 Å². The average molecular weight is 274 g/mol. The van der Waals surface area contributed by atoms with E-state index in [0.29, 0.717) is 17.9 Å². The van der Waals surface area contributed by atoms with Crippen LogP contribution in [0.5, 0.6) is 0 Å². The van der Waals surface area contributed by atoms with Gasteiger partial charge in [-0.3, -0.25) is 4.79 Å². The number of rotatable bonds is 3. The highest BCUT2D eigenvalue weighted by atomic mass is 32.1. The van der Waals surface area contributed by atoms with Gasteiger partial charge in [-0.1, -0.05) is 23.8 Å². The van der Waals surface area contributed by atoms with Gasteiger partial charge >= 0.3 is 0 Å². The van der Waals surface area contributed by atoms with Gasteiger partial charge in [0.2, 0.25) is 0 Å². The van der Waals surface area contributed by atoms with E-state index in [9.17, 15) is 4.79 Å². The van der Waals surface area contributed by atoms with Crippen LogP contribution in [0.15, 0.2) is 29.1 Å². The Morgan fingerprint density at radius 3 is 2.58 bits per heavy atom. The summed E-state index contributed by atoms with van der Waals surface area (Å²) >= 11 is 4.23. The van der Waals surface area contributed by atoms with Crippen LogP contribution in [0, 0.1) is 13.8 Å². The SMILES string of the molecule is CCn1nc(-c2ccc(C)cc2C)cc(CS)c1=O. The monoisotopic (exact) mass is 274 g/mol. The van der Waals surface area contributed by atoms with Crippen LogP contribution in [-0.4, -0.2) is 9.78 Å². The van der Waals surface area contributed by atoms with Crippen LogP contribution in [0.1, 0.15) is 23.6 Å². The highest BCUT2D eigenvalue weighted by Gasteiger charge is 2.10. The highest BCUT2D eigenvalue weighted by Crippen LogP contribution is 2.22. The molecule has 100 valence electrons. The molecule has 0 aliphatic rings. The molecule has 1 heterocycles. The minimum absolute atomic E-state index is 0.0500. The summed E-state index contributed by atoms with van der Waals surface area (Å²) in [6, 6.07) is 8.09. The van der Waals surface area contributed by atoms with Crippen molar-refractivity contribution in [2.24, 2.45) is 0 Å². The molecule has 0 radical (unpaired) electrons. The van der Waals surface area contributed by atoms with E-state index < -0.39 is 0 Å². The van der Waals surface area contributed by atoms with Crippen LogP contribution >= 0.6 is 12.6 Å². The van der Waals surface area contributed by atoms with Crippen LogP contribution in [0.25, 0.3) is 11.3 Å². The second-order valence-electron chi connectivity index (χ2n) is 4.65. The molecule has 0 bridgehead atoms. The van der Waals surface area contributed by atoms with Gasteiger partial charge in [0.15, 0.2) is 0 Å². The lowest BCUT2D eigenvalue weighted by Crippen LogP contribution is -2.25. The number of nitrogens with zero attached hydrogens (tertiary/aromatic N) is 2. The molecule has 1 aromatic heterocycles. The number of aromatic nitrogens is 2. The third-order valence-corrected chi connectivity index (χ3v) is 3.52. The van der Waals surface area contributed by atoms with Gasteiger partial charge in [0, 0.05) is 23.4 Å². The maximum absolute atomic E-state index is 12.0. The second-order valence-corrected chi connectivity index (χ2v) is 4.97. The fraction of sp³-hybridized carbons (Fsp3) is 0.333. The Morgan fingerprint density at radius 1 is 1.26 bits per heavy atom. The number of thiol groups is 1. The summed E-state index contributed by atoms with van der Waals surface area (Å²) in [7, 11) is 0. The molecule has 19 heavy (non-hydrogen) atoms. The summed E-state index contributed by atoms with van der Waals surface area (Å²) in [6.07, 6.45) is 0. The molecule has 0 saturated carbocycles. The van der Waals surface area contributed by atoms with Crippen molar-refractivity contribution in [3.05, 3.63) is 51.3 Å². The van der Waals surface area contributed by atoms with Crippen molar-refractivity contribution >= 4 is 12.6 Å². The molecule has 0 atom stereocenters. The molecule has 2 rings (SSSR count). The molecule has 4 heteroatoms. The molecule has 3 nitrogen and oxygen atoms in total. The van der Waals surface area contributed by atoms with E-state index in [1.807, 2.05) is 13.0 Å². The molecule has 0 spiro atoms. The summed E-state index contributed by atoms with van der Waals surface area (Å²) in [4.78, 5) is 12.0. The smallest absolute Gasteiger partial charge is 0.267 e. The molecule has 0 saturated heterocycles. The number of aryl methyl sites for hydroxylation is 3. The second kappa shape index (κ2) is 5.61. The Bertz CT molecular complexity index is 633. The van der Waals surface area contributed by atoms with Crippen molar-refractivity contribution in [3.8, 4) is 11.3 Å². The predicted molar refractivity (Wildman–Crippen MR) is 81.8 cm³/mol. The fourth-order valence-corrected chi connectivity index (χ4v) is 2.38. The maximum Gasteiger partial charge on any atom is 0.270 e. The Balaban J connectivity index is 2.65. The maximum atomic E-state index is 12.0. The van der Waals surface area contributed by atoms with E-state index in [0.717, 1.165) is 11.3 Å². The van der Waals surface area contributed by atoms with Gasteiger partial charge in [-0.2, -0.15) is 17.7 Å². The average Bonchev–Trinajstić information content (AvgIpc) is 2.39. The number of hydrogen-bond donors (Lipinski definition) is 1. The molecule has 0 N–H and O–H groups in total. The van der Waals surface area contributed by atoms with Crippen molar-refractivity contribution in [1.29, 1.82) is 0 Å². The van der Waals surface area contributed by atoms with Crippen LogP contribution in [0.3, 0.4) is 0 Å². The summed E-state index contributed by atoms with van der Waals surface area (Å²) in [6.45, 7) is 6.61. The quantitative estimate of drug-likeness (QED) is 0.873. The predicted octanol–water partition coefficient (Wildman–Crippen LogP) is 2.98. The van der Waals surface area contributed by atoms with Gasteiger partial charge in [0.25, 0.3) is 5.56 Å². The first kappa shape index (κ1) is 13.9. The van der Waals surface area contributed by atoms with Crippen molar-refractivity contribution in [1.82, 2.24) is 9.78 Å². The zero-order valence-corrected chi connectivity index (χ0v) is 12.4. The summed E-state index contributed by atoms with van der Waals surface area (Å²) in [5.41, 5.74) is 4.93. The first-order valence-electron chi connectivity index (χ1n) is 6.36. The van der Waals surface area contributed by atoms with Crippen LogP contribution < -0.4 is 5.56 Å². The molecular formula is C15H18N2OS. The number of benzene rings is 1. The van der Waals surface area contributed by atoms with Gasteiger partial charge < -0.3 is 0 Å². The van der Waals surface area contributed by atoms with Gasteiger partial charge in [-0.25, -0.2) is 4.68 Å². The topological polar surface area (TPSA) is 34.9 Å². The van der Waals surface area contributed by atoms with E-state index in [1.54, 1.807) is 0 Å². The minimum Gasteiger partial charge on any atom is -0.267 e. The Morgan fingerprint density at radius 2 is 2.00 bits per heavy atom. The van der Waals surface area contributed by atoms with Crippen molar-refractivity contribution in [2.75, 3.05) is 0 Å². The van der Waals surface area contributed by atoms with E-state index in [-0.39, 0.29) is 5.56 Å². The van der Waals surface area contributed by atoms with Crippen molar-refractivity contribution in [3.63, 3.8) is 0 Å². The van der Waals surface area contributed by atoms with Crippen molar-refractivity contribution < 1.29 is 0 Å². The largest absolute Gasteiger partial charge is 0.270 e. The van der Waals surface area contributed by atoms with E-state index >= 15 is 0 Å². The van der Waals surface area contributed by atoms with E-state index in [4.69, 9.17) is 0 Å². The normalized spacial score (nSPS) is 10.7. The summed E-state index contributed by atoms with van der Waals surface area (Å²) < 4.78 is 1.50. The minimum atomic E-state index is -0.0500. The lowest BCUT2D eigenvalue weighted by molar-refractivity contribution is 0.614. The molecule has 0 unspecified atom stereocenters. The van der Waals surface area contributed by atoms with Crippen LogP contribution in [-0.2, 0) is 12.3 Å². The molecule has 1 aromatic carbocycles. The fourth-order valence-electron chi connectivity index (χ4n) is 2.16. The van der Waals surface area contributed by atoms with Crippen LogP contribution in [0.2, 0.25) is 0 Å². The highest BCUT2D eigenvalue weighted by molar-refractivity contribution is 7.79.